The quantitative estimate of drug-likeness (QED) is 0.0846. The Balaban J connectivity index is 1.45. The molecule has 8 aromatic rings. The molecular weight excluding hydrogens is 983 g/mol. The highest BCUT2D eigenvalue weighted by Crippen LogP contribution is 2.59. The molecule has 0 aromatic heterocycles. The molecule has 4 heteroatoms. The van der Waals surface area contributed by atoms with Gasteiger partial charge in [0.2, 0.25) is 0 Å². The number of benzene rings is 8. The van der Waals surface area contributed by atoms with Gasteiger partial charge < -0.3 is 9.05 Å². The first kappa shape index (κ1) is 55.5. The molecular formula is C74H84O2P2. The van der Waals surface area contributed by atoms with Gasteiger partial charge in [-0.2, -0.15) is 0 Å². The number of hydrogen-bond acceptors (Lipinski definition) is 2. The van der Waals surface area contributed by atoms with E-state index in [1.54, 1.807) is 0 Å². The summed E-state index contributed by atoms with van der Waals surface area (Å²) in [5, 5.41) is 4.81. The molecule has 0 fully saturated rings. The van der Waals surface area contributed by atoms with Crippen LogP contribution in [0.25, 0.3) is 33.4 Å². The summed E-state index contributed by atoms with van der Waals surface area (Å²) in [6, 6.07) is 59.8. The van der Waals surface area contributed by atoms with Crippen LogP contribution in [0.4, 0.5) is 0 Å². The van der Waals surface area contributed by atoms with Gasteiger partial charge in [0.1, 0.15) is 11.5 Å². The normalized spacial score (nSPS) is 13.6. The predicted molar refractivity (Wildman–Crippen MR) is 340 cm³/mol. The predicted octanol–water partition coefficient (Wildman–Crippen LogP) is 20.0. The summed E-state index contributed by atoms with van der Waals surface area (Å²) in [4.78, 5) is 0. The van der Waals surface area contributed by atoms with Crippen LogP contribution >= 0.6 is 16.3 Å². The first-order valence-corrected chi connectivity index (χ1v) is 32.1. The van der Waals surface area contributed by atoms with Crippen LogP contribution in [0, 0.1) is 0 Å². The van der Waals surface area contributed by atoms with E-state index in [9.17, 15) is 0 Å². The zero-order valence-corrected chi connectivity index (χ0v) is 50.6. The molecule has 0 amide bonds. The Labute approximate surface area is 472 Å². The number of hydrogen-bond donors (Lipinski definition) is 0. The summed E-state index contributed by atoms with van der Waals surface area (Å²) < 4.78 is 16.8. The molecule has 0 radical (unpaired) electrons. The lowest BCUT2D eigenvalue weighted by molar-refractivity contribution is 0.612. The third-order valence-corrected chi connectivity index (χ3v) is 20.4. The molecule has 0 unspecified atom stereocenters. The standard InChI is InChI=1S/C74H84O2P2/c1-47(2)55-44-64(50(7)8)70(65(45-55)51(9)10)68-42-54-30-26-28-40-62(54)72(74(68)76-78(59-35-21-15-22-36-59)60-37-23-16-24-38-60)71-61-39-27-25-29-53(61)41-67(66-46-56(48(3)4)43-63(49(5)6)69(66)52(11)12)73(71)75-77(57-31-17-13-18-32-57)58-33-19-14-20-34-58/h13-24,31-38,41-52H,25-30,39-40H2,1-12H3. The Morgan fingerprint density at radius 2 is 0.667 bits per heavy atom. The number of rotatable bonds is 17. The smallest absolute Gasteiger partial charge is 0.150 e. The Bertz CT molecular complexity index is 3240. The lowest BCUT2D eigenvalue weighted by Gasteiger charge is -2.34. The van der Waals surface area contributed by atoms with Gasteiger partial charge in [0.25, 0.3) is 0 Å². The maximum atomic E-state index is 8.41. The molecule has 2 aliphatic rings. The van der Waals surface area contributed by atoms with Gasteiger partial charge in [-0.15, -0.1) is 0 Å². The molecule has 0 spiro atoms. The van der Waals surface area contributed by atoms with E-state index in [0.29, 0.717) is 17.8 Å². The summed E-state index contributed by atoms with van der Waals surface area (Å²) in [7, 11) is -2.71. The van der Waals surface area contributed by atoms with Gasteiger partial charge in [-0.3, -0.25) is 0 Å². The highest BCUT2D eigenvalue weighted by atomic mass is 31.1. The van der Waals surface area contributed by atoms with Gasteiger partial charge in [-0.1, -0.05) is 229 Å². The van der Waals surface area contributed by atoms with Gasteiger partial charge >= 0.3 is 0 Å². The maximum Gasteiger partial charge on any atom is 0.150 e. The van der Waals surface area contributed by atoms with Crippen LogP contribution in [0.2, 0.25) is 0 Å². The van der Waals surface area contributed by atoms with E-state index < -0.39 is 16.3 Å². The third kappa shape index (κ3) is 11.3. The van der Waals surface area contributed by atoms with E-state index in [2.05, 4.69) is 241 Å². The first-order chi connectivity index (χ1) is 37.7. The lowest BCUT2D eigenvalue weighted by Crippen LogP contribution is -2.19. The summed E-state index contributed by atoms with van der Waals surface area (Å²) in [5.74, 6) is 3.95. The topological polar surface area (TPSA) is 18.5 Å². The molecule has 0 N–H and O–H groups in total. The largest absolute Gasteiger partial charge is 0.463 e. The number of fused-ring (bicyclic) bond motifs is 2. The Morgan fingerprint density at radius 3 is 1.04 bits per heavy atom. The second kappa shape index (κ2) is 24.3. The molecule has 0 saturated carbocycles. The van der Waals surface area contributed by atoms with Crippen LogP contribution in [0.3, 0.4) is 0 Å². The van der Waals surface area contributed by atoms with Crippen molar-refractivity contribution < 1.29 is 9.05 Å². The van der Waals surface area contributed by atoms with Crippen molar-refractivity contribution in [3.05, 3.63) is 213 Å². The minimum atomic E-state index is -1.36. The van der Waals surface area contributed by atoms with Gasteiger partial charge in [0, 0.05) is 43.5 Å². The third-order valence-electron chi connectivity index (χ3n) is 16.6. The summed E-state index contributed by atoms with van der Waals surface area (Å²) >= 11 is 0. The van der Waals surface area contributed by atoms with E-state index >= 15 is 0 Å². The van der Waals surface area contributed by atoms with E-state index in [-0.39, 0.29) is 17.8 Å². The molecule has 2 aliphatic carbocycles. The summed E-state index contributed by atoms with van der Waals surface area (Å²) in [6.45, 7) is 28.6. The van der Waals surface area contributed by atoms with Crippen LogP contribution in [-0.4, -0.2) is 0 Å². The van der Waals surface area contributed by atoms with E-state index in [0.717, 1.165) is 50.0 Å². The highest BCUT2D eigenvalue weighted by Gasteiger charge is 2.36. The van der Waals surface area contributed by atoms with Gasteiger partial charge in [0.15, 0.2) is 16.3 Å². The lowest BCUT2D eigenvalue weighted by atomic mass is 9.74. The molecule has 0 bridgehead atoms. The van der Waals surface area contributed by atoms with Crippen LogP contribution in [0.5, 0.6) is 11.5 Å². The zero-order chi connectivity index (χ0) is 54.8. The van der Waals surface area contributed by atoms with Crippen molar-refractivity contribution in [2.45, 2.75) is 170 Å². The SMILES string of the molecule is CC(C)c1cc(C(C)C)c(-c2cc3c(c(-c4c5c(cc(-c6cc(C(C)C)cc(C(C)C)c6C(C)C)c4OP(c4ccccc4)c4ccccc4)CCCC5)c2OP(c2ccccc2)c2ccccc2)CCCC3)c(C(C)C)c1. The van der Waals surface area contributed by atoms with Crippen LogP contribution < -0.4 is 30.3 Å². The average Bonchev–Trinajstić information content (AvgIpc) is 3.61. The fourth-order valence-electron chi connectivity index (χ4n) is 12.5. The molecule has 0 heterocycles. The van der Waals surface area contributed by atoms with Gasteiger partial charge in [0.05, 0.1) is 0 Å². The van der Waals surface area contributed by atoms with Crippen LogP contribution in [0.1, 0.15) is 200 Å². The van der Waals surface area contributed by atoms with Crippen molar-refractivity contribution in [2.75, 3.05) is 0 Å². The van der Waals surface area contributed by atoms with E-state index in [1.807, 2.05) is 0 Å². The zero-order valence-electron chi connectivity index (χ0n) is 48.8. The van der Waals surface area contributed by atoms with Crippen molar-refractivity contribution in [3.63, 3.8) is 0 Å². The highest BCUT2D eigenvalue weighted by molar-refractivity contribution is 7.69. The molecule has 78 heavy (non-hydrogen) atoms. The minimum absolute atomic E-state index is 0.279. The first-order valence-electron chi connectivity index (χ1n) is 29.6. The van der Waals surface area contributed by atoms with E-state index in [4.69, 9.17) is 9.05 Å². The summed E-state index contributed by atoms with van der Waals surface area (Å²) in [6.07, 6.45) is 8.63. The van der Waals surface area contributed by atoms with Crippen LogP contribution in [0.15, 0.2) is 158 Å². The maximum absolute atomic E-state index is 8.41. The average molecular weight is 1070 g/mol. The molecule has 10 rings (SSSR count). The van der Waals surface area contributed by atoms with Crippen molar-refractivity contribution >= 4 is 37.5 Å². The Hall–Kier alpha value is -5.78. The van der Waals surface area contributed by atoms with Crippen LogP contribution in [-0.2, 0) is 25.7 Å². The Kier molecular flexibility index (Phi) is 17.3. The monoisotopic (exact) mass is 1070 g/mol. The fourth-order valence-corrected chi connectivity index (χ4v) is 16.0. The van der Waals surface area contributed by atoms with E-state index in [1.165, 1.54) is 123 Å². The van der Waals surface area contributed by atoms with Crippen molar-refractivity contribution in [1.29, 1.82) is 0 Å². The fraction of sp³-hybridized carbons (Fsp3) is 0.351. The second-order valence-corrected chi connectivity index (χ2v) is 27.7. The minimum Gasteiger partial charge on any atom is -0.463 e. The molecule has 0 aliphatic heterocycles. The molecule has 0 saturated heterocycles. The summed E-state index contributed by atoms with van der Waals surface area (Å²) in [5.41, 5.74) is 21.9. The van der Waals surface area contributed by atoms with Crippen molar-refractivity contribution in [1.82, 2.24) is 0 Å². The molecule has 2 nitrogen and oxygen atoms in total. The second-order valence-electron chi connectivity index (χ2n) is 24.1. The molecule has 8 aromatic carbocycles. The number of aryl methyl sites for hydroxylation is 2. The molecule has 402 valence electrons. The van der Waals surface area contributed by atoms with Gasteiger partial charge in [-0.25, -0.2) is 0 Å². The Morgan fingerprint density at radius 1 is 0.321 bits per heavy atom. The van der Waals surface area contributed by atoms with Crippen molar-refractivity contribution in [3.8, 4) is 44.9 Å². The van der Waals surface area contributed by atoms with Crippen molar-refractivity contribution in [2.24, 2.45) is 0 Å². The molecule has 0 atom stereocenters. The van der Waals surface area contributed by atoms with Gasteiger partial charge in [-0.05, 0) is 166 Å².